The Morgan fingerprint density at radius 1 is 1.11 bits per heavy atom. The molecule has 1 aliphatic carbocycles. The Morgan fingerprint density at radius 2 is 1.93 bits per heavy atom. The number of nitrogens with zero attached hydrogens (tertiary/aromatic N) is 2. The van der Waals surface area contributed by atoms with Crippen molar-refractivity contribution in [3.63, 3.8) is 0 Å². The highest BCUT2D eigenvalue weighted by Gasteiger charge is 2.51. The van der Waals surface area contributed by atoms with Gasteiger partial charge < -0.3 is 9.88 Å². The van der Waals surface area contributed by atoms with E-state index in [2.05, 4.69) is 16.1 Å². The van der Waals surface area contributed by atoms with Gasteiger partial charge in [0.1, 0.15) is 5.82 Å². The van der Waals surface area contributed by atoms with Gasteiger partial charge in [0.25, 0.3) is 0 Å². The molecule has 0 spiro atoms. The van der Waals surface area contributed by atoms with Gasteiger partial charge in [0.2, 0.25) is 5.91 Å². The normalized spacial score (nSPS) is 17.0. The van der Waals surface area contributed by atoms with Crippen LogP contribution in [0.25, 0.3) is 11.3 Å². The molecule has 4 nitrogen and oxygen atoms in total. The summed E-state index contributed by atoms with van der Waals surface area (Å²) < 4.78 is 2.26. The van der Waals surface area contributed by atoms with Gasteiger partial charge in [-0.3, -0.25) is 4.79 Å². The van der Waals surface area contributed by atoms with Crippen LogP contribution in [0.1, 0.15) is 37.1 Å². The molecule has 2 aliphatic rings. The fourth-order valence-corrected chi connectivity index (χ4v) is 4.28. The Hall–Kier alpha value is -2.59. The standard InChI is InChI=1S/C23H22ClN3O/c24-18-5-3-4-17(14-18)23(11-12-23)22(28)25-19-9-7-16(8-10-19)20-15-27-13-2-1-6-21(27)26-20/h3-5,7-10,14-15H,1-2,6,11-13H2,(H,25,28). The van der Waals surface area contributed by atoms with Crippen molar-refractivity contribution in [3.8, 4) is 11.3 Å². The zero-order chi connectivity index (χ0) is 19.1. The molecule has 28 heavy (non-hydrogen) atoms. The van der Waals surface area contributed by atoms with E-state index in [4.69, 9.17) is 16.6 Å². The highest BCUT2D eigenvalue weighted by atomic mass is 35.5. The Bertz CT molecular complexity index is 1010. The number of anilines is 1. The molecule has 3 aromatic rings. The van der Waals surface area contributed by atoms with Gasteiger partial charge in [-0.1, -0.05) is 35.9 Å². The lowest BCUT2D eigenvalue weighted by atomic mass is 9.95. The zero-order valence-electron chi connectivity index (χ0n) is 15.6. The van der Waals surface area contributed by atoms with Crippen molar-refractivity contribution in [1.82, 2.24) is 9.55 Å². The molecule has 0 bridgehead atoms. The van der Waals surface area contributed by atoms with Crippen LogP contribution in [0.3, 0.4) is 0 Å². The lowest BCUT2D eigenvalue weighted by Gasteiger charge is -2.16. The maximum Gasteiger partial charge on any atom is 0.235 e. The van der Waals surface area contributed by atoms with E-state index >= 15 is 0 Å². The van der Waals surface area contributed by atoms with Gasteiger partial charge in [0.15, 0.2) is 0 Å². The van der Waals surface area contributed by atoms with Crippen LogP contribution in [-0.2, 0) is 23.2 Å². The van der Waals surface area contributed by atoms with Crippen molar-refractivity contribution in [3.05, 3.63) is 71.1 Å². The number of benzene rings is 2. The molecule has 5 rings (SSSR count). The first-order chi connectivity index (χ1) is 13.6. The second kappa shape index (κ2) is 6.78. The van der Waals surface area contributed by atoms with Crippen LogP contribution in [0.4, 0.5) is 5.69 Å². The molecule has 1 aliphatic heterocycles. The number of hydrogen-bond acceptors (Lipinski definition) is 2. The molecular weight excluding hydrogens is 370 g/mol. The highest BCUT2D eigenvalue weighted by molar-refractivity contribution is 6.30. The summed E-state index contributed by atoms with van der Waals surface area (Å²) in [5.41, 5.74) is 3.46. The van der Waals surface area contributed by atoms with Crippen LogP contribution in [0.5, 0.6) is 0 Å². The molecule has 142 valence electrons. The lowest BCUT2D eigenvalue weighted by Crippen LogP contribution is -2.27. The minimum absolute atomic E-state index is 0.0416. The number of carbonyl (C=O) groups excluding carboxylic acids is 1. The maximum absolute atomic E-state index is 12.9. The third-order valence-electron chi connectivity index (χ3n) is 5.91. The summed E-state index contributed by atoms with van der Waals surface area (Å²) in [6.07, 6.45) is 7.35. The Kier molecular flexibility index (Phi) is 4.24. The first kappa shape index (κ1) is 17.5. The monoisotopic (exact) mass is 391 g/mol. The molecule has 1 N–H and O–H groups in total. The molecular formula is C23H22ClN3O. The average Bonchev–Trinajstić information content (AvgIpc) is 3.42. The van der Waals surface area contributed by atoms with E-state index in [9.17, 15) is 4.79 Å². The molecule has 1 fully saturated rings. The van der Waals surface area contributed by atoms with Gasteiger partial charge in [0, 0.05) is 35.4 Å². The second-order valence-corrected chi connectivity index (χ2v) is 8.25. The van der Waals surface area contributed by atoms with Crippen molar-refractivity contribution in [2.75, 3.05) is 5.32 Å². The van der Waals surface area contributed by atoms with E-state index in [0.717, 1.165) is 48.3 Å². The number of aryl methyl sites for hydroxylation is 2. The highest BCUT2D eigenvalue weighted by Crippen LogP contribution is 2.49. The topological polar surface area (TPSA) is 46.9 Å². The van der Waals surface area contributed by atoms with Crippen LogP contribution in [-0.4, -0.2) is 15.5 Å². The number of halogens is 1. The minimum Gasteiger partial charge on any atom is -0.334 e. The van der Waals surface area contributed by atoms with E-state index < -0.39 is 5.41 Å². The van der Waals surface area contributed by atoms with Crippen LogP contribution in [0.2, 0.25) is 5.02 Å². The second-order valence-electron chi connectivity index (χ2n) is 7.82. The first-order valence-electron chi connectivity index (χ1n) is 9.88. The number of imidazole rings is 1. The maximum atomic E-state index is 12.9. The summed E-state index contributed by atoms with van der Waals surface area (Å²) in [6.45, 7) is 1.06. The zero-order valence-corrected chi connectivity index (χ0v) is 16.4. The van der Waals surface area contributed by atoms with Gasteiger partial charge >= 0.3 is 0 Å². The molecule has 0 saturated heterocycles. The van der Waals surface area contributed by atoms with Gasteiger partial charge in [0.05, 0.1) is 11.1 Å². The fourth-order valence-electron chi connectivity index (χ4n) is 4.08. The lowest BCUT2D eigenvalue weighted by molar-refractivity contribution is -0.118. The van der Waals surface area contributed by atoms with Crippen molar-refractivity contribution in [2.24, 2.45) is 0 Å². The van der Waals surface area contributed by atoms with Gasteiger partial charge in [-0.05, 0) is 55.5 Å². The summed E-state index contributed by atoms with van der Waals surface area (Å²) >= 11 is 6.12. The van der Waals surface area contributed by atoms with Crippen molar-refractivity contribution in [1.29, 1.82) is 0 Å². The largest absolute Gasteiger partial charge is 0.334 e. The van der Waals surface area contributed by atoms with Crippen molar-refractivity contribution < 1.29 is 4.79 Å². The predicted octanol–water partition coefficient (Wildman–Crippen LogP) is 5.21. The SMILES string of the molecule is O=C(Nc1ccc(-c2cn3c(n2)CCCC3)cc1)C1(c2cccc(Cl)c2)CC1. The summed E-state index contributed by atoms with van der Waals surface area (Å²) in [4.78, 5) is 17.7. The average molecular weight is 392 g/mol. The number of aromatic nitrogens is 2. The first-order valence-corrected chi connectivity index (χ1v) is 10.3. The molecule has 0 radical (unpaired) electrons. The Balaban J connectivity index is 1.32. The smallest absolute Gasteiger partial charge is 0.235 e. The van der Waals surface area contributed by atoms with E-state index in [-0.39, 0.29) is 5.91 Å². The number of nitrogens with one attached hydrogen (secondary N) is 1. The molecule has 1 aromatic heterocycles. The van der Waals surface area contributed by atoms with E-state index in [1.165, 1.54) is 18.7 Å². The summed E-state index contributed by atoms with van der Waals surface area (Å²) in [5.74, 6) is 1.22. The van der Waals surface area contributed by atoms with E-state index in [1.54, 1.807) is 0 Å². The molecule has 0 unspecified atom stereocenters. The van der Waals surface area contributed by atoms with Crippen LogP contribution >= 0.6 is 11.6 Å². The summed E-state index contributed by atoms with van der Waals surface area (Å²) in [7, 11) is 0. The molecule has 0 atom stereocenters. The van der Waals surface area contributed by atoms with Gasteiger partial charge in [-0.25, -0.2) is 4.98 Å². The third kappa shape index (κ3) is 3.12. The minimum atomic E-state index is -0.438. The quantitative estimate of drug-likeness (QED) is 0.663. The van der Waals surface area contributed by atoms with Crippen molar-refractivity contribution >= 4 is 23.2 Å². The van der Waals surface area contributed by atoms with Crippen molar-refractivity contribution in [2.45, 2.75) is 44.1 Å². The van der Waals surface area contributed by atoms with Gasteiger partial charge in [-0.15, -0.1) is 0 Å². The molecule has 5 heteroatoms. The van der Waals surface area contributed by atoms with Crippen LogP contribution in [0, 0.1) is 0 Å². The molecule has 1 saturated carbocycles. The number of carbonyl (C=O) groups is 1. The molecule has 1 amide bonds. The number of amides is 1. The molecule has 2 heterocycles. The molecule has 2 aromatic carbocycles. The summed E-state index contributed by atoms with van der Waals surface area (Å²) in [6, 6.07) is 15.6. The Labute approximate surface area is 169 Å². The number of fused-ring (bicyclic) bond motifs is 1. The van der Waals surface area contributed by atoms with Gasteiger partial charge in [-0.2, -0.15) is 0 Å². The van der Waals surface area contributed by atoms with Crippen LogP contribution < -0.4 is 5.32 Å². The fraction of sp³-hybridized carbons (Fsp3) is 0.304. The third-order valence-corrected chi connectivity index (χ3v) is 6.14. The predicted molar refractivity (Wildman–Crippen MR) is 112 cm³/mol. The Morgan fingerprint density at radius 3 is 2.64 bits per heavy atom. The number of rotatable bonds is 4. The summed E-state index contributed by atoms with van der Waals surface area (Å²) in [5, 5.41) is 3.75. The number of hydrogen-bond donors (Lipinski definition) is 1. The van der Waals surface area contributed by atoms with Crippen LogP contribution in [0.15, 0.2) is 54.7 Å². The van der Waals surface area contributed by atoms with E-state index in [1.807, 2.05) is 48.5 Å². The van der Waals surface area contributed by atoms with E-state index in [0.29, 0.717) is 5.02 Å².